The van der Waals surface area contributed by atoms with Crippen LogP contribution in [-0.2, 0) is 0 Å². The lowest BCUT2D eigenvalue weighted by molar-refractivity contribution is 0.0698. The van der Waals surface area contributed by atoms with E-state index >= 15 is 0 Å². The molecule has 2 nitrogen and oxygen atoms in total. The van der Waals surface area contributed by atoms with Crippen molar-refractivity contribution >= 4 is 0 Å². The maximum absolute atomic E-state index is 3.67. The van der Waals surface area contributed by atoms with E-state index in [0.29, 0.717) is 11.6 Å². The topological polar surface area (TPSA) is 15.3 Å². The number of nitrogens with one attached hydrogen (secondary N) is 1. The van der Waals surface area contributed by atoms with Crippen LogP contribution in [-0.4, -0.2) is 36.1 Å². The highest BCUT2D eigenvalue weighted by Gasteiger charge is 2.33. The van der Waals surface area contributed by atoms with E-state index in [4.69, 9.17) is 0 Å². The van der Waals surface area contributed by atoms with Crippen molar-refractivity contribution in [3.63, 3.8) is 0 Å². The van der Waals surface area contributed by atoms with Crippen molar-refractivity contribution in [1.29, 1.82) is 0 Å². The Morgan fingerprint density at radius 1 is 1.12 bits per heavy atom. The molecule has 0 amide bonds. The van der Waals surface area contributed by atoms with Crippen LogP contribution in [0.3, 0.4) is 0 Å². The molecule has 0 aliphatic rings. The van der Waals surface area contributed by atoms with Crippen LogP contribution >= 0.6 is 0 Å². The second-order valence-electron chi connectivity index (χ2n) is 5.32. The Hall–Kier alpha value is -0.0800. The van der Waals surface area contributed by atoms with Crippen LogP contribution in [0.1, 0.15) is 67.2 Å². The zero-order valence-electron chi connectivity index (χ0n) is 13.0. The summed E-state index contributed by atoms with van der Waals surface area (Å²) < 4.78 is 0. The van der Waals surface area contributed by atoms with Crippen molar-refractivity contribution in [2.45, 2.75) is 78.8 Å². The smallest absolute Gasteiger partial charge is 0.0328 e. The third-order valence-electron chi connectivity index (χ3n) is 4.23. The van der Waals surface area contributed by atoms with Crippen LogP contribution < -0.4 is 5.32 Å². The summed E-state index contributed by atoms with van der Waals surface area (Å²) in [5.41, 5.74) is 0.291. The lowest BCUT2D eigenvalue weighted by Crippen LogP contribution is -2.58. The molecule has 0 fully saturated rings. The van der Waals surface area contributed by atoms with Crippen LogP contribution in [0.2, 0.25) is 0 Å². The molecular weight excluding hydrogens is 208 g/mol. The van der Waals surface area contributed by atoms with Crippen molar-refractivity contribution in [2.24, 2.45) is 0 Å². The second kappa shape index (κ2) is 8.93. The summed E-state index contributed by atoms with van der Waals surface area (Å²) in [5.74, 6) is 0. The highest BCUT2D eigenvalue weighted by atomic mass is 15.2. The Labute approximate surface area is 109 Å². The minimum absolute atomic E-state index is 0.291. The van der Waals surface area contributed by atoms with E-state index < -0.39 is 0 Å². The maximum Gasteiger partial charge on any atom is 0.0328 e. The quantitative estimate of drug-likeness (QED) is 0.629. The molecule has 2 unspecified atom stereocenters. The van der Waals surface area contributed by atoms with E-state index in [9.17, 15) is 0 Å². The molecule has 2 atom stereocenters. The summed E-state index contributed by atoms with van der Waals surface area (Å²) in [6.45, 7) is 17.4. The minimum Gasteiger partial charge on any atom is -0.312 e. The summed E-state index contributed by atoms with van der Waals surface area (Å²) in [4.78, 5) is 2.66. The summed E-state index contributed by atoms with van der Waals surface area (Å²) >= 11 is 0. The molecule has 104 valence electrons. The minimum atomic E-state index is 0.291. The monoisotopic (exact) mass is 242 g/mol. The third kappa shape index (κ3) is 4.97. The molecule has 0 rings (SSSR count). The predicted octanol–water partition coefficient (Wildman–Crippen LogP) is 3.67. The fraction of sp³-hybridized carbons (Fsp3) is 1.00. The summed E-state index contributed by atoms with van der Waals surface area (Å²) in [6, 6.07) is 0.559. The first-order valence-electron chi connectivity index (χ1n) is 7.55. The summed E-state index contributed by atoms with van der Waals surface area (Å²) in [6.07, 6.45) is 5.02. The number of hydrogen-bond acceptors (Lipinski definition) is 2. The Morgan fingerprint density at radius 2 is 1.76 bits per heavy atom. The van der Waals surface area contributed by atoms with Gasteiger partial charge < -0.3 is 5.32 Å². The van der Waals surface area contributed by atoms with Gasteiger partial charge in [0.05, 0.1) is 0 Å². The van der Waals surface area contributed by atoms with Crippen molar-refractivity contribution < 1.29 is 0 Å². The fourth-order valence-electron chi connectivity index (χ4n) is 2.51. The van der Waals surface area contributed by atoms with Gasteiger partial charge >= 0.3 is 0 Å². The van der Waals surface area contributed by atoms with E-state index in [-0.39, 0.29) is 0 Å². The lowest BCUT2D eigenvalue weighted by atomic mass is 9.87. The van der Waals surface area contributed by atoms with Gasteiger partial charge in [-0.15, -0.1) is 0 Å². The van der Waals surface area contributed by atoms with E-state index in [1.54, 1.807) is 0 Å². The molecule has 0 bridgehead atoms. The van der Waals surface area contributed by atoms with Gasteiger partial charge in [0.15, 0.2) is 0 Å². The summed E-state index contributed by atoms with van der Waals surface area (Å²) in [5, 5.41) is 3.67. The normalized spacial score (nSPS) is 17.1. The van der Waals surface area contributed by atoms with Crippen molar-refractivity contribution in [2.75, 3.05) is 19.6 Å². The van der Waals surface area contributed by atoms with E-state index in [1.165, 1.54) is 32.2 Å². The number of rotatable bonds is 10. The van der Waals surface area contributed by atoms with Crippen molar-refractivity contribution in [3.8, 4) is 0 Å². The molecule has 17 heavy (non-hydrogen) atoms. The number of unbranched alkanes of at least 4 members (excludes halogenated alkanes) is 1. The molecule has 0 aromatic heterocycles. The highest BCUT2D eigenvalue weighted by Crippen LogP contribution is 2.24. The van der Waals surface area contributed by atoms with Gasteiger partial charge in [-0.3, -0.25) is 4.90 Å². The van der Waals surface area contributed by atoms with Gasteiger partial charge in [0.25, 0.3) is 0 Å². The predicted molar refractivity (Wildman–Crippen MR) is 78.6 cm³/mol. The highest BCUT2D eigenvalue weighted by molar-refractivity contribution is 4.93. The van der Waals surface area contributed by atoms with Gasteiger partial charge in [-0.05, 0) is 52.7 Å². The molecule has 0 heterocycles. The van der Waals surface area contributed by atoms with Gasteiger partial charge in [-0.2, -0.15) is 0 Å². The molecule has 0 aromatic rings. The standard InChI is InChI=1S/C15H34N2/c1-7-11-13-17(10-4)15(6,9-3)14(5)16-12-8-2/h14,16H,7-13H2,1-6H3. The molecule has 0 spiro atoms. The van der Waals surface area contributed by atoms with Crippen LogP contribution in [0.15, 0.2) is 0 Å². The van der Waals surface area contributed by atoms with Gasteiger partial charge in [-0.25, -0.2) is 0 Å². The molecule has 0 saturated carbocycles. The molecule has 1 N–H and O–H groups in total. The number of hydrogen-bond donors (Lipinski definition) is 1. The van der Waals surface area contributed by atoms with Gasteiger partial charge in [0.1, 0.15) is 0 Å². The van der Waals surface area contributed by atoms with Gasteiger partial charge in [-0.1, -0.05) is 34.1 Å². The lowest BCUT2D eigenvalue weighted by Gasteiger charge is -2.45. The zero-order chi connectivity index (χ0) is 13.3. The Bertz CT molecular complexity index is 182. The van der Waals surface area contributed by atoms with Crippen LogP contribution in [0, 0.1) is 0 Å². The SMILES string of the molecule is CCCCN(CC)C(C)(CC)C(C)NCCC. The number of nitrogens with zero attached hydrogens (tertiary/aromatic N) is 1. The van der Waals surface area contributed by atoms with E-state index in [1.807, 2.05) is 0 Å². The molecule has 0 aliphatic carbocycles. The van der Waals surface area contributed by atoms with Gasteiger partial charge in [0.2, 0.25) is 0 Å². The second-order valence-corrected chi connectivity index (χ2v) is 5.32. The first-order chi connectivity index (χ1) is 8.06. The number of likely N-dealkylation sites (N-methyl/N-ethyl adjacent to an activating group) is 1. The van der Waals surface area contributed by atoms with Crippen LogP contribution in [0.4, 0.5) is 0 Å². The molecule has 0 saturated heterocycles. The molecule has 0 radical (unpaired) electrons. The molecule has 0 aliphatic heterocycles. The first kappa shape index (κ1) is 16.9. The van der Waals surface area contributed by atoms with E-state index in [2.05, 4.69) is 51.8 Å². The first-order valence-corrected chi connectivity index (χ1v) is 7.55. The van der Waals surface area contributed by atoms with Crippen LogP contribution in [0.5, 0.6) is 0 Å². The molecular formula is C15H34N2. The molecule has 0 aromatic carbocycles. The zero-order valence-corrected chi connectivity index (χ0v) is 13.0. The Morgan fingerprint density at radius 3 is 2.18 bits per heavy atom. The van der Waals surface area contributed by atoms with E-state index in [0.717, 1.165) is 13.1 Å². The fourth-order valence-corrected chi connectivity index (χ4v) is 2.51. The van der Waals surface area contributed by atoms with Crippen LogP contribution in [0.25, 0.3) is 0 Å². The van der Waals surface area contributed by atoms with Gasteiger partial charge in [0, 0.05) is 11.6 Å². The summed E-state index contributed by atoms with van der Waals surface area (Å²) in [7, 11) is 0. The Kier molecular flexibility index (Phi) is 8.89. The largest absolute Gasteiger partial charge is 0.312 e. The third-order valence-corrected chi connectivity index (χ3v) is 4.23. The molecule has 2 heteroatoms. The average molecular weight is 242 g/mol. The Balaban J connectivity index is 4.57. The maximum atomic E-state index is 3.67. The average Bonchev–Trinajstić information content (AvgIpc) is 2.36. The van der Waals surface area contributed by atoms with Crippen molar-refractivity contribution in [3.05, 3.63) is 0 Å². The van der Waals surface area contributed by atoms with Crippen molar-refractivity contribution in [1.82, 2.24) is 10.2 Å².